The van der Waals surface area contributed by atoms with Crippen molar-refractivity contribution in [1.29, 1.82) is 0 Å². The molecule has 0 aliphatic heterocycles. The number of nitrogens with zero attached hydrogens (tertiary/aromatic N) is 6. The van der Waals surface area contributed by atoms with Crippen LogP contribution in [0.15, 0.2) is 36.7 Å². The second-order valence-corrected chi connectivity index (χ2v) is 5.70. The van der Waals surface area contributed by atoms with Crippen molar-refractivity contribution in [2.75, 3.05) is 11.5 Å². The van der Waals surface area contributed by atoms with Crippen molar-refractivity contribution in [3.63, 3.8) is 0 Å². The van der Waals surface area contributed by atoms with Crippen LogP contribution in [0.4, 0.5) is 16.0 Å². The standard InChI is InChI=1S/C16H15FN8/c1-9-4-5-24(23-9)14-11-7-20-25(15(11)22-16(19)21-14)8-10-2-3-13(18)12(17)6-10/h2-7H,8,18H2,1H3,(H2,19,21,22). The van der Waals surface area contributed by atoms with E-state index in [2.05, 4.69) is 20.2 Å². The summed E-state index contributed by atoms with van der Waals surface area (Å²) in [5, 5.41) is 9.40. The van der Waals surface area contributed by atoms with Crippen LogP contribution >= 0.6 is 0 Å². The van der Waals surface area contributed by atoms with Gasteiger partial charge in [-0.15, -0.1) is 0 Å². The number of rotatable bonds is 3. The minimum absolute atomic E-state index is 0.108. The molecule has 0 atom stereocenters. The lowest BCUT2D eigenvalue weighted by Crippen LogP contribution is -2.08. The maximum atomic E-state index is 13.7. The van der Waals surface area contributed by atoms with Crippen LogP contribution in [0.5, 0.6) is 0 Å². The van der Waals surface area contributed by atoms with Crippen LogP contribution in [-0.2, 0) is 6.54 Å². The van der Waals surface area contributed by atoms with Crippen molar-refractivity contribution in [2.45, 2.75) is 13.5 Å². The van der Waals surface area contributed by atoms with E-state index in [4.69, 9.17) is 11.5 Å². The number of nitrogens with two attached hydrogens (primary N) is 2. The number of anilines is 2. The van der Waals surface area contributed by atoms with E-state index >= 15 is 0 Å². The van der Waals surface area contributed by atoms with Gasteiger partial charge in [-0.3, -0.25) is 0 Å². The van der Waals surface area contributed by atoms with Gasteiger partial charge in [0, 0.05) is 6.20 Å². The summed E-state index contributed by atoms with van der Waals surface area (Å²) in [6.07, 6.45) is 3.44. The molecule has 126 valence electrons. The Labute approximate surface area is 141 Å². The molecule has 9 heteroatoms. The molecule has 0 saturated heterocycles. The maximum Gasteiger partial charge on any atom is 0.224 e. The molecule has 4 rings (SSSR count). The summed E-state index contributed by atoms with van der Waals surface area (Å²) in [5.41, 5.74) is 13.6. The first-order valence-corrected chi connectivity index (χ1v) is 7.57. The van der Waals surface area contributed by atoms with E-state index in [0.29, 0.717) is 29.0 Å². The van der Waals surface area contributed by atoms with Crippen molar-refractivity contribution < 1.29 is 4.39 Å². The van der Waals surface area contributed by atoms with Gasteiger partial charge in [0.05, 0.1) is 29.5 Å². The zero-order chi connectivity index (χ0) is 17.6. The Kier molecular flexibility index (Phi) is 3.34. The van der Waals surface area contributed by atoms with Crippen molar-refractivity contribution in [3.8, 4) is 5.82 Å². The highest BCUT2D eigenvalue weighted by molar-refractivity contribution is 5.83. The smallest absolute Gasteiger partial charge is 0.224 e. The fourth-order valence-electron chi connectivity index (χ4n) is 2.62. The van der Waals surface area contributed by atoms with Gasteiger partial charge in [0.15, 0.2) is 11.5 Å². The monoisotopic (exact) mass is 338 g/mol. The zero-order valence-electron chi connectivity index (χ0n) is 13.4. The molecule has 0 aliphatic rings. The second-order valence-electron chi connectivity index (χ2n) is 5.70. The summed E-state index contributed by atoms with van der Waals surface area (Å²) < 4.78 is 16.9. The van der Waals surface area contributed by atoms with Gasteiger partial charge >= 0.3 is 0 Å². The van der Waals surface area contributed by atoms with Crippen LogP contribution in [0.2, 0.25) is 0 Å². The van der Waals surface area contributed by atoms with Crippen LogP contribution in [0, 0.1) is 12.7 Å². The highest BCUT2D eigenvalue weighted by atomic mass is 19.1. The van der Waals surface area contributed by atoms with Gasteiger partial charge in [-0.05, 0) is 30.7 Å². The predicted octanol–water partition coefficient (Wildman–Crippen LogP) is 1.67. The summed E-state index contributed by atoms with van der Waals surface area (Å²) in [5.74, 6) is 0.196. The molecule has 0 aliphatic carbocycles. The van der Waals surface area contributed by atoms with Crippen LogP contribution < -0.4 is 11.5 Å². The van der Waals surface area contributed by atoms with E-state index < -0.39 is 5.82 Å². The Bertz CT molecular complexity index is 1080. The number of halogens is 1. The molecule has 0 unspecified atom stereocenters. The molecule has 0 bridgehead atoms. The molecule has 3 heterocycles. The van der Waals surface area contributed by atoms with Gasteiger partial charge in [0.2, 0.25) is 5.95 Å². The molecule has 4 N–H and O–H groups in total. The SMILES string of the molecule is Cc1ccn(-c2nc(N)nc3c2cnn3Cc2ccc(N)c(F)c2)n1. The summed E-state index contributed by atoms with van der Waals surface area (Å²) in [7, 11) is 0. The highest BCUT2D eigenvalue weighted by Gasteiger charge is 2.14. The Morgan fingerprint density at radius 2 is 2.00 bits per heavy atom. The molecule has 25 heavy (non-hydrogen) atoms. The van der Waals surface area contributed by atoms with Gasteiger partial charge in [0.25, 0.3) is 0 Å². The normalized spacial score (nSPS) is 11.3. The van der Waals surface area contributed by atoms with Gasteiger partial charge in [-0.2, -0.15) is 20.2 Å². The quantitative estimate of drug-likeness (QED) is 0.549. The van der Waals surface area contributed by atoms with E-state index in [-0.39, 0.29) is 11.6 Å². The average Bonchev–Trinajstić information content (AvgIpc) is 3.17. The lowest BCUT2D eigenvalue weighted by atomic mass is 10.2. The number of aromatic nitrogens is 6. The maximum absolute atomic E-state index is 13.7. The Morgan fingerprint density at radius 3 is 2.72 bits per heavy atom. The topological polar surface area (TPSA) is 113 Å². The van der Waals surface area contributed by atoms with Crippen LogP contribution in [0.3, 0.4) is 0 Å². The van der Waals surface area contributed by atoms with E-state index in [0.717, 1.165) is 5.69 Å². The minimum Gasteiger partial charge on any atom is -0.396 e. The predicted molar refractivity (Wildman–Crippen MR) is 91.5 cm³/mol. The first-order valence-electron chi connectivity index (χ1n) is 7.57. The summed E-state index contributed by atoms with van der Waals surface area (Å²) in [6, 6.07) is 6.52. The lowest BCUT2D eigenvalue weighted by molar-refractivity contribution is 0.625. The number of aryl methyl sites for hydroxylation is 1. The molecular weight excluding hydrogens is 323 g/mol. The molecule has 1 aromatic carbocycles. The molecule has 0 spiro atoms. The lowest BCUT2D eigenvalue weighted by Gasteiger charge is -2.07. The highest BCUT2D eigenvalue weighted by Crippen LogP contribution is 2.21. The first kappa shape index (κ1) is 15.1. The van der Waals surface area contributed by atoms with E-state index in [1.165, 1.54) is 12.1 Å². The van der Waals surface area contributed by atoms with Crippen LogP contribution in [0.25, 0.3) is 16.9 Å². The summed E-state index contributed by atoms with van der Waals surface area (Å²) in [6.45, 7) is 2.21. The Balaban J connectivity index is 1.81. The molecule has 0 saturated carbocycles. The largest absolute Gasteiger partial charge is 0.396 e. The molecule has 3 aromatic heterocycles. The third kappa shape index (κ3) is 2.65. The number of hydrogen-bond donors (Lipinski definition) is 2. The number of benzene rings is 1. The van der Waals surface area contributed by atoms with Gasteiger partial charge < -0.3 is 11.5 Å². The molecule has 0 fully saturated rings. The Morgan fingerprint density at radius 1 is 1.16 bits per heavy atom. The Hall–Kier alpha value is -3.49. The third-order valence-electron chi connectivity index (χ3n) is 3.83. The van der Waals surface area contributed by atoms with Gasteiger partial charge in [-0.1, -0.05) is 6.07 Å². The summed E-state index contributed by atoms with van der Waals surface area (Å²) in [4.78, 5) is 8.54. The average molecular weight is 338 g/mol. The minimum atomic E-state index is -0.462. The van der Waals surface area contributed by atoms with Gasteiger partial charge in [0.1, 0.15) is 5.82 Å². The molecular formula is C16H15FN8. The molecule has 8 nitrogen and oxygen atoms in total. The second kappa shape index (κ2) is 5.55. The van der Waals surface area contributed by atoms with E-state index in [9.17, 15) is 4.39 Å². The number of hydrogen-bond acceptors (Lipinski definition) is 6. The zero-order valence-corrected chi connectivity index (χ0v) is 13.4. The molecule has 0 radical (unpaired) electrons. The van der Waals surface area contributed by atoms with Crippen molar-refractivity contribution >= 4 is 22.7 Å². The van der Waals surface area contributed by atoms with Gasteiger partial charge in [-0.25, -0.2) is 13.8 Å². The number of nitrogen functional groups attached to an aromatic ring is 2. The molecule has 0 amide bonds. The van der Waals surface area contributed by atoms with Crippen molar-refractivity contribution in [1.82, 2.24) is 29.5 Å². The summed E-state index contributed by atoms with van der Waals surface area (Å²) >= 11 is 0. The fourth-order valence-corrected chi connectivity index (χ4v) is 2.62. The molecule has 4 aromatic rings. The fraction of sp³-hybridized carbons (Fsp3) is 0.125. The third-order valence-corrected chi connectivity index (χ3v) is 3.83. The first-order chi connectivity index (χ1) is 12.0. The van der Waals surface area contributed by atoms with Crippen molar-refractivity contribution in [3.05, 3.63) is 53.7 Å². The number of fused-ring (bicyclic) bond motifs is 1. The van der Waals surface area contributed by atoms with E-state index in [1.54, 1.807) is 27.8 Å². The van der Waals surface area contributed by atoms with Crippen LogP contribution in [-0.4, -0.2) is 29.5 Å². The van der Waals surface area contributed by atoms with Crippen molar-refractivity contribution in [2.24, 2.45) is 0 Å². The van der Waals surface area contributed by atoms with Crippen LogP contribution in [0.1, 0.15) is 11.3 Å². The van der Waals surface area contributed by atoms with E-state index in [1.807, 2.05) is 13.0 Å².